The van der Waals surface area contributed by atoms with Crippen LogP contribution in [0.4, 0.5) is 5.69 Å². The number of fused-ring (bicyclic) bond motifs is 1. The molecule has 0 N–H and O–H groups in total. The molecule has 0 aliphatic carbocycles. The van der Waals surface area contributed by atoms with E-state index in [-0.39, 0.29) is 30.8 Å². The van der Waals surface area contributed by atoms with Gasteiger partial charge in [-0.05, 0) is 19.1 Å². The first-order valence-electron chi connectivity index (χ1n) is 10.7. The van der Waals surface area contributed by atoms with Crippen molar-refractivity contribution in [1.82, 2.24) is 4.90 Å². The van der Waals surface area contributed by atoms with Gasteiger partial charge in [0, 0.05) is 37.5 Å². The maximum atomic E-state index is 13.3. The molecule has 8 nitrogen and oxygen atoms in total. The van der Waals surface area contributed by atoms with E-state index in [4.69, 9.17) is 18.6 Å². The molecule has 2 heterocycles. The van der Waals surface area contributed by atoms with E-state index >= 15 is 0 Å². The summed E-state index contributed by atoms with van der Waals surface area (Å²) in [6.45, 7) is 2.19. The van der Waals surface area contributed by atoms with Crippen LogP contribution in [0, 0.1) is 5.92 Å². The Hall–Kier alpha value is -3.68. The highest BCUT2D eigenvalue weighted by Gasteiger charge is 2.38. The summed E-state index contributed by atoms with van der Waals surface area (Å²) < 4.78 is 22.1. The van der Waals surface area contributed by atoms with Gasteiger partial charge >= 0.3 is 0 Å². The molecular formula is C25H28N2O6. The van der Waals surface area contributed by atoms with Gasteiger partial charge in [-0.3, -0.25) is 9.59 Å². The predicted molar refractivity (Wildman–Crippen MR) is 124 cm³/mol. The van der Waals surface area contributed by atoms with Crippen LogP contribution in [-0.2, 0) is 9.59 Å². The summed E-state index contributed by atoms with van der Waals surface area (Å²) in [5.74, 6) is 1.35. The minimum atomic E-state index is -0.464. The molecule has 0 spiro atoms. The normalized spacial score (nSPS) is 16.7. The Morgan fingerprint density at radius 3 is 2.36 bits per heavy atom. The summed E-state index contributed by atoms with van der Waals surface area (Å²) in [5, 5.41) is 0.991. The number of furan rings is 1. The number of para-hydroxylation sites is 1. The largest absolute Gasteiger partial charge is 0.493 e. The second kappa shape index (κ2) is 9.05. The van der Waals surface area contributed by atoms with Crippen molar-refractivity contribution >= 4 is 28.5 Å². The van der Waals surface area contributed by atoms with E-state index in [9.17, 15) is 9.59 Å². The molecule has 8 heteroatoms. The zero-order chi connectivity index (χ0) is 23.7. The monoisotopic (exact) mass is 452 g/mol. The van der Waals surface area contributed by atoms with Crippen LogP contribution in [0.1, 0.15) is 25.1 Å². The highest BCUT2D eigenvalue weighted by molar-refractivity contribution is 6.00. The first kappa shape index (κ1) is 22.5. The average Bonchev–Trinajstić information content (AvgIpc) is 3.45. The number of anilines is 1. The minimum absolute atomic E-state index is 0.105. The van der Waals surface area contributed by atoms with Gasteiger partial charge in [-0.2, -0.15) is 0 Å². The summed E-state index contributed by atoms with van der Waals surface area (Å²) in [6.07, 6.45) is 0.132. The van der Waals surface area contributed by atoms with Crippen molar-refractivity contribution < 1.29 is 28.2 Å². The lowest BCUT2D eigenvalue weighted by atomic mass is 10.1. The lowest BCUT2D eigenvalue weighted by molar-refractivity contribution is -0.136. The lowest BCUT2D eigenvalue weighted by Gasteiger charge is -2.26. The summed E-state index contributed by atoms with van der Waals surface area (Å²) in [5.41, 5.74) is 1.38. The van der Waals surface area contributed by atoms with Gasteiger partial charge in [0.1, 0.15) is 11.3 Å². The zero-order valence-electron chi connectivity index (χ0n) is 19.5. The molecule has 3 aromatic rings. The molecule has 1 aliphatic heterocycles. The van der Waals surface area contributed by atoms with Crippen LogP contribution in [-0.4, -0.2) is 51.6 Å². The Kier molecular flexibility index (Phi) is 6.18. The summed E-state index contributed by atoms with van der Waals surface area (Å²) in [4.78, 5) is 29.4. The fraction of sp³-hybridized carbons (Fsp3) is 0.360. The second-order valence-corrected chi connectivity index (χ2v) is 8.10. The van der Waals surface area contributed by atoms with Crippen LogP contribution in [0.25, 0.3) is 11.0 Å². The third-order valence-corrected chi connectivity index (χ3v) is 6.22. The minimum Gasteiger partial charge on any atom is -0.493 e. The fourth-order valence-corrected chi connectivity index (χ4v) is 4.22. The van der Waals surface area contributed by atoms with Crippen molar-refractivity contribution in [3.05, 3.63) is 48.2 Å². The van der Waals surface area contributed by atoms with Gasteiger partial charge < -0.3 is 28.4 Å². The summed E-state index contributed by atoms with van der Waals surface area (Å²) in [7, 11) is 6.31. The first-order chi connectivity index (χ1) is 15.9. The number of rotatable bonds is 7. The molecule has 33 heavy (non-hydrogen) atoms. The van der Waals surface area contributed by atoms with Crippen LogP contribution in [0.2, 0.25) is 0 Å². The number of methoxy groups -OCH3 is 3. The highest BCUT2D eigenvalue weighted by atomic mass is 16.5. The topological polar surface area (TPSA) is 81.5 Å². The first-order valence-corrected chi connectivity index (χ1v) is 10.7. The van der Waals surface area contributed by atoms with Crippen LogP contribution in [0.15, 0.2) is 46.9 Å². The van der Waals surface area contributed by atoms with E-state index in [0.29, 0.717) is 28.7 Å². The van der Waals surface area contributed by atoms with Gasteiger partial charge in [0.25, 0.3) is 0 Å². The molecule has 2 aromatic carbocycles. The Bertz CT molecular complexity index is 1130. The molecule has 4 rings (SSSR count). The highest BCUT2D eigenvalue weighted by Crippen LogP contribution is 2.42. The molecule has 2 unspecified atom stereocenters. The SMILES string of the molecule is COc1cc(N2CC(C(=O)N(C)C(C)c3cc4ccccc4o3)CC2=O)cc(OC)c1OC. The smallest absolute Gasteiger partial charge is 0.228 e. The summed E-state index contributed by atoms with van der Waals surface area (Å²) >= 11 is 0. The third kappa shape index (κ3) is 4.08. The number of carbonyl (C=O) groups is 2. The van der Waals surface area contributed by atoms with Crippen LogP contribution in [0.5, 0.6) is 17.2 Å². The van der Waals surface area contributed by atoms with E-state index in [0.717, 1.165) is 11.0 Å². The predicted octanol–water partition coefficient (Wildman–Crippen LogP) is 4.03. The average molecular weight is 453 g/mol. The number of carbonyl (C=O) groups excluding carboxylic acids is 2. The van der Waals surface area contributed by atoms with Crippen LogP contribution in [0.3, 0.4) is 0 Å². The Labute approximate surface area is 192 Å². The number of benzene rings is 2. The quantitative estimate of drug-likeness (QED) is 0.538. The fourth-order valence-electron chi connectivity index (χ4n) is 4.22. The van der Waals surface area contributed by atoms with Crippen molar-refractivity contribution in [2.24, 2.45) is 5.92 Å². The van der Waals surface area contributed by atoms with Gasteiger partial charge in [-0.1, -0.05) is 18.2 Å². The maximum Gasteiger partial charge on any atom is 0.228 e. The molecule has 0 bridgehead atoms. The zero-order valence-corrected chi connectivity index (χ0v) is 19.5. The van der Waals surface area contributed by atoms with Crippen LogP contribution >= 0.6 is 0 Å². The molecule has 1 aliphatic rings. The second-order valence-electron chi connectivity index (χ2n) is 8.10. The van der Waals surface area contributed by atoms with E-state index in [1.807, 2.05) is 37.3 Å². The number of ether oxygens (including phenoxy) is 3. The Morgan fingerprint density at radius 1 is 1.09 bits per heavy atom. The number of hydrogen-bond donors (Lipinski definition) is 0. The van der Waals surface area contributed by atoms with E-state index in [1.165, 1.54) is 21.3 Å². The maximum absolute atomic E-state index is 13.3. The van der Waals surface area contributed by atoms with E-state index in [1.54, 1.807) is 29.0 Å². The Morgan fingerprint density at radius 2 is 1.76 bits per heavy atom. The molecule has 1 aromatic heterocycles. The van der Waals surface area contributed by atoms with Crippen molar-refractivity contribution in [1.29, 1.82) is 0 Å². The molecule has 1 saturated heterocycles. The number of hydrogen-bond acceptors (Lipinski definition) is 6. The third-order valence-electron chi connectivity index (χ3n) is 6.22. The molecule has 1 fully saturated rings. The van der Waals surface area contributed by atoms with Crippen LogP contribution < -0.4 is 19.1 Å². The molecular weight excluding hydrogens is 424 g/mol. The Balaban J connectivity index is 1.53. The van der Waals surface area contributed by atoms with Crippen molar-refractivity contribution in [3.8, 4) is 17.2 Å². The van der Waals surface area contributed by atoms with Crippen molar-refractivity contribution in [2.45, 2.75) is 19.4 Å². The number of amides is 2. The van der Waals surface area contributed by atoms with E-state index in [2.05, 4.69) is 0 Å². The van der Waals surface area contributed by atoms with Crippen molar-refractivity contribution in [3.63, 3.8) is 0 Å². The molecule has 174 valence electrons. The lowest BCUT2D eigenvalue weighted by Crippen LogP contribution is -2.36. The molecule has 2 amide bonds. The standard InChI is InChI=1S/C25H28N2O6/c1-15(20-10-16-8-6-7-9-19(16)33-20)26(2)25(29)17-11-23(28)27(14-17)18-12-21(30-3)24(32-5)22(13-18)31-4/h6-10,12-13,15,17H,11,14H2,1-5H3. The molecule has 0 radical (unpaired) electrons. The van der Waals surface area contributed by atoms with Gasteiger partial charge in [0.2, 0.25) is 17.6 Å². The van der Waals surface area contributed by atoms with Gasteiger partial charge in [-0.25, -0.2) is 0 Å². The van der Waals surface area contributed by atoms with E-state index < -0.39 is 5.92 Å². The number of nitrogens with zero attached hydrogens (tertiary/aromatic N) is 2. The molecule has 0 saturated carbocycles. The molecule has 2 atom stereocenters. The van der Waals surface area contributed by atoms with Gasteiger partial charge in [-0.15, -0.1) is 0 Å². The summed E-state index contributed by atoms with van der Waals surface area (Å²) in [6, 6.07) is 12.8. The van der Waals surface area contributed by atoms with Crippen molar-refractivity contribution in [2.75, 3.05) is 39.8 Å². The van der Waals surface area contributed by atoms with Gasteiger partial charge in [0.05, 0.1) is 39.0 Å². The van der Waals surface area contributed by atoms with Gasteiger partial charge in [0.15, 0.2) is 11.5 Å².